The first kappa shape index (κ1) is 43.0. The molecule has 0 bridgehead atoms. The topological polar surface area (TPSA) is 171 Å². The van der Waals surface area contributed by atoms with E-state index in [1.807, 2.05) is 13.8 Å². The van der Waals surface area contributed by atoms with E-state index in [4.69, 9.17) is 19.6 Å². The number of benzene rings is 2. The molecular weight excluding hydrogens is 626 g/mol. The van der Waals surface area contributed by atoms with Crippen LogP contribution in [0, 0.1) is 19.3 Å². The van der Waals surface area contributed by atoms with Gasteiger partial charge in [0.05, 0.1) is 25.2 Å². The van der Waals surface area contributed by atoms with Gasteiger partial charge in [0, 0.05) is 0 Å². The number of rotatable bonds is 20. The fraction of sp³-hybridized carbons (Fsp3) is 0.657. The number of aryl methyl sites for hydroxylation is 6. The van der Waals surface area contributed by atoms with Crippen LogP contribution in [0.2, 0.25) is 0 Å². The molecule has 0 aliphatic rings. The second kappa shape index (κ2) is 21.8. The van der Waals surface area contributed by atoms with Crippen molar-refractivity contribution in [2.45, 2.75) is 124 Å². The maximum atomic E-state index is 13.2. The number of unbranched alkanes of at least 4 members (excludes halogenated alkanes) is 4. The average Bonchev–Trinajstić information content (AvgIpc) is 3.00. The molecule has 0 unspecified atom stereocenters. The van der Waals surface area contributed by atoms with Gasteiger partial charge in [-0.3, -0.25) is 0 Å². The second-order valence-corrected chi connectivity index (χ2v) is 14.0. The van der Waals surface area contributed by atoms with Crippen molar-refractivity contribution < 1.29 is 44.3 Å². The van der Waals surface area contributed by atoms with Gasteiger partial charge in [-0.25, -0.2) is 4.31 Å². The molecule has 0 heterocycles. The van der Waals surface area contributed by atoms with E-state index in [9.17, 15) is 20.4 Å². The SMILES string of the molecule is CCCCc1cc(C)c(C(O)(c2c(C)cc(CCCC)cc2CCCC)C(CO)(CO)CO)c(CCCC)c1.OP(O)OP(O)O. The van der Waals surface area contributed by atoms with Crippen LogP contribution < -0.4 is 0 Å². The molecule has 0 aliphatic heterocycles. The van der Waals surface area contributed by atoms with Crippen LogP contribution in [0.25, 0.3) is 0 Å². The van der Waals surface area contributed by atoms with E-state index >= 15 is 0 Å². The van der Waals surface area contributed by atoms with Crippen molar-refractivity contribution in [3.63, 3.8) is 0 Å². The monoisotopic (exact) mass is 686 g/mol. The molecular formula is C35H60O9P2. The fourth-order valence-corrected chi connectivity index (χ4v) is 6.83. The maximum Gasteiger partial charge on any atom is 0.334 e. The average molecular weight is 687 g/mol. The van der Waals surface area contributed by atoms with Crippen LogP contribution in [0.3, 0.4) is 0 Å². The van der Waals surface area contributed by atoms with Crippen molar-refractivity contribution in [1.82, 2.24) is 0 Å². The summed E-state index contributed by atoms with van der Waals surface area (Å²) in [6.45, 7) is 11.2. The van der Waals surface area contributed by atoms with Crippen LogP contribution in [-0.2, 0) is 35.6 Å². The quantitative estimate of drug-likeness (QED) is 0.0745. The van der Waals surface area contributed by atoms with Gasteiger partial charge in [-0.2, -0.15) is 0 Å². The highest BCUT2D eigenvalue weighted by molar-refractivity contribution is 7.53. The third-order valence-electron chi connectivity index (χ3n) is 8.74. The first-order chi connectivity index (χ1) is 21.9. The highest BCUT2D eigenvalue weighted by atomic mass is 31.2. The summed E-state index contributed by atoms with van der Waals surface area (Å²) in [6.07, 6.45) is 12.0. The van der Waals surface area contributed by atoms with Gasteiger partial charge in [0.25, 0.3) is 0 Å². The summed E-state index contributed by atoms with van der Waals surface area (Å²) < 4.78 is 3.60. The van der Waals surface area contributed by atoms with Crippen LogP contribution in [-0.4, -0.2) is 59.8 Å². The zero-order valence-corrected chi connectivity index (χ0v) is 30.6. The van der Waals surface area contributed by atoms with Crippen LogP contribution in [0.5, 0.6) is 0 Å². The lowest BCUT2D eigenvalue weighted by Crippen LogP contribution is -2.55. The molecule has 0 saturated carbocycles. The number of aliphatic hydroxyl groups excluding tert-OH is 3. The molecule has 0 saturated heterocycles. The minimum absolute atomic E-state index is 0.537. The Hall–Kier alpha value is -1.06. The molecule has 0 aliphatic carbocycles. The van der Waals surface area contributed by atoms with Crippen molar-refractivity contribution >= 4 is 17.2 Å². The van der Waals surface area contributed by atoms with E-state index in [0.29, 0.717) is 0 Å². The molecule has 0 amide bonds. The minimum atomic E-state index is -2.61. The van der Waals surface area contributed by atoms with Gasteiger partial charge in [0.15, 0.2) is 0 Å². The number of hydrogen-bond acceptors (Lipinski definition) is 9. The van der Waals surface area contributed by atoms with Crippen molar-refractivity contribution in [1.29, 1.82) is 0 Å². The molecule has 8 N–H and O–H groups in total. The lowest BCUT2D eigenvalue weighted by Gasteiger charge is -2.48. The molecule has 0 atom stereocenters. The summed E-state index contributed by atoms with van der Waals surface area (Å²) in [4.78, 5) is 31.3. The van der Waals surface area contributed by atoms with Gasteiger partial charge in [0.1, 0.15) is 5.60 Å². The van der Waals surface area contributed by atoms with Gasteiger partial charge < -0.3 is 40.0 Å². The van der Waals surface area contributed by atoms with Crippen molar-refractivity contribution in [3.05, 3.63) is 68.8 Å². The second-order valence-electron chi connectivity index (χ2n) is 12.4. The molecule has 2 rings (SSSR count). The summed E-state index contributed by atoms with van der Waals surface area (Å²) in [7, 11) is -5.22. The van der Waals surface area contributed by atoms with E-state index in [0.717, 1.165) is 110 Å². The van der Waals surface area contributed by atoms with Crippen LogP contribution in [0.4, 0.5) is 0 Å². The van der Waals surface area contributed by atoms with Gasteiger partial charge >= 0.3 is 17.2 Å². The lowest BCUT2D eigenvalue weighted by atomic mass is 9.61. The van der Waals surface area contributed by atoms with Crippen LogP contribution in [0.15, 0.2) is 24.3 Å². The molecule has 2 aromatic carbocycles. The molecule has 2 aromatic rings. The van der Waals surface area contributed by atoms with Crippen molar-refractivity contribution in [3.8, 4) is 0 Å². The van der Waals surface area contributed by atoms with E-state index in [2.05, 4.69) is 56.3 Å². The molecule has 11 heteroatoms. The zero-order valence-electron chi connectivity index (χ0n) is 28.8. The predicted molar refractivity (Wildman–Crippen MR) is 187 cm³/mol. The number of hydrogen-bond donors (Lipinski definition) is 8. The molecule has 0 aromatic heterocycles. The molecule has 0 radical (unpaired) electrons. The van der Waals surface area contributed by atoms with Gasteiger partial charge in [-0.05, 0) is 110 Å². The van der Waals surface area contributed by atoms with Crippen molar-refractivity contribution in [2.24, 2.45) is 5.41 Å². The van der Waals surface area contributed by atoms with Crippen molar-refractivity contribution in [2.75, 3.05) is 19.8 Å². The Balaban J connectivity index is 0.00000135. The third kappa shape index (κ3) is 11.5. The third-order valence-corrected chi connectivity index (χ3v) is 9.90. The lowest BCUT2D eigenvalue weighted by molar-refractivity contribution is -0.137. The molecule has 9 nitrogen and oxygen atoms in total. The Kier molecular flexibility index (Phi) is 20.4. The Morgan fingerprint density at radius 3 is 1.15 bits per heavy atom. The summed E-state index contributed by atoms with van der Waals surface area (Å²) in [5.74, 6) is 0. The highest BCUT2D eigenvalue weighted by Crippen LogP contribution is 2.50. The Morgan fingerprint density at radius 1 is 0.565 bits per heavy atom. The van der Waals surface area contributed by atoms with E-state index in [1.54, 1.807) is 0 Å². The highest BCUT2D eigenvalue weighted by Gasteiger charge is 2.55. The Morgan fingerprint density at radius 2 is 0.891 bits per heavy atom. The van der Waals surface area contributed by atoms with Gasteiger partial charge in [-0.15, -0.1) is 0 Å². The fourth-order valence-electron chi connectivity index (χ4n) is 6.31. The summed E-state index contributed by atoms with van der Waals surface area (Å²) in [5, 5.41) is 45.7. The Labute approximate surface area is 279 Å². The molecule has 0 fully saturated rings. The zero-order chi connectivity index (χ0) is 34.9. The maximum absolute atomic E-state index is 13.2. The minimum Gasteiger partial charge on any atom is -0.395 e. The Bertz CT molecular complexity index is 1070. The number of aliphatic hydroxyl groups is 4. The summed E-state index contributed by atoms with van der Waals surface area (Å²) >= 11 is 0. The summed E-state index contributed by atoms with van der Waals surface area (Å²) in [6, 6.07) is 8.79. The van der Waals surface area contributed by atoms with E-state index in [-0.39, 0.29) is 0 Å². The van der Waals surface area contributed by atoms with Gasteiger partial charge in [0.2, 0.25) is 0 Å². The van der Waals surface area contributed by atoms with E-state index < -0.39 is 48.0 Å². The predicted octanol–water partition coefficient (Wildman–Crippen LogP) is 6.30. The largest absolute Gasteiger partial charge is 0.395 e. The van der Waals surface area contributed by atoms with Gasteiger partial charge in [-0.1, -0.05) is 77.6 Å². The van der Waals surface area contributed by atoms with Crippen LogP contribution >= 0.6 is 17.2 Å². The van der Waals surface area contributed by atoms with Crippen LogP contribution in [0.1, 0.15) is 124 Å². The molecule has 264 valence electrons. The van der Waals surface area contributed by atoms with E-state index in [1.165, 1.54) is 11.1 Å². The molecule has 0 spiro atoms. The smallest absolute Gasteiger partial charge is 0.334 e. The normalized spacial score (nSPS) is 12.2. The first-order valence-electron chi connectivity index (χ1n) is 16.7. The summed E-state index contributed by atoms with van der Waals surface area (Å²) in [5.41, 5.74) is 4.70. The standard InChI is InChI=1S/C35H56O4.H4O5P2/c1-7-11-15-28-19-26(5)32(30(21-28)17-13-9-3)35(39,34(23-36,24-37)25-38)33-27(6)20-29(16-12-8-2)22-31(33)18-14-10-4;1-6(2)5-7(3)4/h19-22,36-39H,7-18,23-25H2,1-6H3;1-4H. The molecule has 46 heavy (non-hydrogen) atoms. The first-order valence-corrected chi connectivity index (χ1v) is 19.0.